The summed E-state index contributed by atoms with van der Waals surface area (Å²) < 4.78 is 11.1. The zero-order valence-electron chi connectivity index (χ0n) is 12.5. The highest BCUT2D eigenvalue weighted by Gasteiger charge is 2.16. The molecule has 2 aromatic carbocycles. The Kier molecular flexibility index (Phi) is 3.70. The molecule has 0 fully saturated rings. The van der Waals surface area contributed by atoms with Crippen molar-refractivity contribution in [3.05, 3.63) is 58.9 Å². The summed E-state index contributed by atoms with van der Waals surface area (Å²) in [6.07, 6.45) is 3.17. The minimum Gasteiger partial charge on any atom is -0.486 e. The number of pyridine rings is 1. The number of aromatic nitrogens is 1. The first-order chi connectivity index (χ1) is 11.7. The van der Waals surface area contributed by atoms with E-state index in [1.54, 1.807) is 18.3 Å². The zero-order chi connectivity index (χ0) is 16.5. The molecular formula is C17H12N2O4S. The van der Waals surface area contributed by atoms with Crippen molar-refractivity contribution < 1.29 is 14.4 Å². The topological polar surface area (TPSA) is 74.5 Å². The van der Waals surface area contributed by atoms with Crippen LogP contribution in [0.25, 0.3) is 10.8 Å². The summed E-state index contributed by atoms with van der Waals surface area (Å²) in [6, 6.07) is 10.8. The van der Waals surface area contributed by atoms with Gasteiger partial charge in [0, 0.05) is 33.6 Å². The molecule has 4 rings (SSSR count). The fraction of sp³-hybridized carbons (Fsp3) is 0.118. The Bertz CT molecular complexity index is 945. The molecule has 120 valence electrons. The largest absolute Gasteiger partial charge is 0.486 e. The van der Waals surface area contributed by atoms with Gasteiger partial charge in [-0.05, 0) is 30.3 Å². The van der Waals surface area contributed by atoms with E-state index >= 15 is 0 Å². The Labute approximate surface area is 141 Å². The molecule has 0 spiro atoms. The average Bonchev–Trinajstić information content (AvgIpc) is 2.61. The summed E-state index contributed by atoms with van der Waals surface area (Å²) >= 11 is 1.52. The average molecular weight is 340 g/mol. The second kappa shape index (κ2) is 6.01. The van der Waals surface area contributed by atoms with E-state index in [0.717, 1.165) is 26.7 Å². The van der Waals surface area contributed by atoms with Crippen molar-refractivity contribution in [1.29, 1.82) is 0 Å². The van der Waals surface area contributed by atoms with Crippen LogP contribution in [0.4, 0.5) is 5.69 Å². The van der Waals surface area contributed by atoms with Gasteiger partial charge in [-0.1, -0.05) is 11.8 Å². The van der Waals surface area contributed by atoms with Gasteiger partial charge >= 0.3 is 0 Å². The third-order valence-electron chi connectivity index (χ3n) is 3.69. The number of nitrogens with zero attached hydrogens (tertiary/aromatic N) is 2. The number of nitro groups is 1. The number of rotatable bonds is 3. The molecule has 0 N–H and O–H groups in total. The number of hydrogen-bond donors (Lipinski definition) is 0. The lowest BCUT2D eigenvalue weighted by molar-refractivity contribution is -0.383. The lowest BCUT2D eigenvalue weighted by Gasteiger charge is -2.18. The first-order valence-corrected chi connectivity index (χ1v) is 8.12. The van der Waals surface area contributed by atoms with Gasteiger partial charge in [0.1, 0.15) is 13.2 Å². The Morgan fingerprint density at radius 1 is 1.04 bits per heavy atom. The molecular weight excluding hydrogens is 328 g/mol. The van der Waals surface area contributed by atoms with E-state index in [9.17, 15) is 10.1 Å². The molecule has 0 amide bonds. The first-order valence-electron chi connectivity index (χ1n) is 7.31. The van der Waals surface area contributed by atoms with Crippen LogP contribution < -0.4 is 9.47 Å². The molecule has 0 aliphatic carbocycles. The smallest absolute Gasteiger partial charge is 0.278 e. The predicted molar refractivity (Wildman–Crippen MR) is 90.0 cm³/mol. The monoisotopic (exact) mass is 340 g/mol. The van der Waals surface area contributed by atoms with Crippen LogP contribution >= 0.6 is 11.8 Å². The van der Waals surface area contributed by atoms with Crippen LogP contribution in [0.2, 0.25) is 0 Å². The van der Waals surface area contributed by atoms with Gasteiger partial charge in [0.25, 0.3) is 5.69 Å². The van der Waals surface area contributed by atoms with Crippen LogP contribution in [0.15, 0.2) is 58.6 Å². The van der Waals surface area contributed by atoms with E-state index in [0.29, 0.717) is 18.6 Å². The molecule has 0 bridgehead atoms. The van der Waals surface area contributed by atoms with Crippen LogP contribution in [-0.2, 0) is 0 Å². The lowest BCUT2D eigenvalue weighted by Crippen LogP contribution is -2.15. The molecule has 0 saturated carbocycles. The van der Waals surface area contributed by atoms with Gasteiger partial charge in [0.2, 0.25) is 0 Å². The number of hydrogen-bond acceptors (Lipinski definition) is 6. The molecule has 0 radical (unpaired) electrons. The van der Waals surface area contributed by atoms with E-state index in [-0.39, 0.29) is 10.6 Å². The van der Waals surface area contributed by atoms with Crippen molar-refractivity contribution in [2.24, 2.45) is 0 Å². The van der Waals surface area contributed by atoms with Gasteiger partial charge in [-0.3, -0.25) is 15.1 Å². The normalized spacial score (nSPS) is 13.0. The molecule has 7 heteroatoms. The third-order valence-corrected chi connectivity index (χ3v) is 4.76. The number of non-ortho nitro benzene ring substituents is 1. The van der Waals surface area contributed by atoms with Crippen molar-refractivity contribution >= 4 is 28.2 Å². The summed E-state index contributed by atoms with van der Waals surface area (Å²) in [7, 11) is 0. The Morgan fingerprint density at radius 3 is 2.71 bits per heavy atom. The summed E-state index contributed by atoms with van der Waals surface area (Å²) in [6.45, 7) is 1.09. The molecule has 2 heterocycles. The van der Waals surface area contributed by atoms with E-state index in [4.69, 9.17) is 9.47 Å². The summed E-state index contributed by atoms with van der Waals surface area (Å²) in [5, 5.41) is 12.5. The second-order valence-electron chi connectivity index (χ2n) is 5.17. The molecule has 1 aliphatic rings. The standard InChI is InChI=1S/C17H12N2O4S/c20-19(21)14-2-4-17(12-5-6-18-10-13(12)14)24-11-1-3-15-16(9-11)23-8-7-22-15/h1-6,9-10H,7-8H2. The van der Waals surface area contributed by atoms with E-state index in [1.807, 2.05) is 18.2 Å². The Balaban J connectivity index is 1.75. The molecule has 6 nitrogen and oxygen atoms in total. The maximum atomic E-state index is 11.2. The number of ether oxygens (including phenoxy) is 2. The molecule has 1 aliphatic heterocycles. The fourth-order valence-electron chi connectivity index (χ4n) is 2.61. The van der Waals surface area contributed by atoms with Gasteiger partial charge < -0.3 is 9.47 Å². The predicted octanol–water partition coefficient (Wildman–Crippen LogP) is 4.07. The maximum absolute atomic E-state index is 11.2. The van der Waals surface area contributed by atoms with Gasteiger partial charge in [0.15, 0.2) is 11.5 Å². The van der Waals surface area contributed by atoms with Crippen molar-refractivity contribution in [1.82, 2.24) is 4.98 Å². The van der Waals surface area contributed by atoms with Crippen molar-refractivity contribution in [2.75, 3.05) is 13.2 Å². The fourth-order valence-corrected chi connectivity index (χ4v) is 3.59. The number of fused-ring (bicyclic) bond motifs is 2. The zero-order valence-corrected chi connectivity index (χ0v) is 13.3. The quantitative estimate of drug-likeness (QED) is 0.528. The highest BCUT2D eigenvalue weighted by molar-refractivity contribution is 7.99. The lowest BCUT2D eigenvalue weighted by atomic mass is 10.1. The molecule has 0 atom stereocenters. The number of nitro benzene ring substituents is 1. The van der Waals surface area contributed by atoms with Crippen LogP contribution in [0.3, 0.4) is 0 Å². The SMILES string of the molecule is O=[N+]([O-])c1ccc(Sc2ccc3c(c2)OCCO3)c2ccncc12. The van der Waals surface area contributed by atoms with Gasteiger partial charge in [-0.25, -0.2) is 0 Å². The van der Waals surface area contributed by atoms with E-state index in [1.165, 1.54) is 24.0 Å². The van der Waals surface area contributed by atoms with Crippen molar-refractivity contribution in [3.8, 4) is 11.5 Å². The van der Waals surface area contributed by atoms with Gasteiger partial charge in [-0.15, -0.1) is 0 Å². The third kappa shape index (κ3) is 2.63. The maximum Gasteiger partial charge on any atom is 0.278 e. The minimum atomic E-state index is -0.386. The van der Waals surface area contributed by atoms with Crippen molar-refractivity contribution in [2.45, 2.75) is 9.79 Å². The van der Waals surface area contributed by atoms with Gasteiger partial charge in [-0.2, -0.15) is 0 Å². The van der Waals surface area contributed by atoms with Crippen LogP contribution in [0.1, 0.15) is 0 Å². The number of benzene rings is 2. The van der Waals surface area contributed by atoms with Crippen LogP contribution in [-0.4, -0.2) is 23.1 Å². The molecule has 24 heavy (non-hydrogen) atoms. The second-order valence-corrected chi connectivity index (χ2v) is 6.28. The summed E-state index contributed by atoms with van der Waals surface area (Å²) in [4.78, 5) is 16.7. The minimum absolute atomic E-state index is 0.0598. The van der Waals surface area contributed by atoms with Crippen molar-refractivity contribution in [3.63, 3.8) is 0 Å². The highest BCUT2D eigenvalue weighted by atomic mass is 32.2. The Hall–Kier alpha value is -2.80. The summed E-state index contributed by atoms with van der Waals surface area (Å²) in [5.41, 5.74) is 0.0598. The van der Waals surface area contributed by atoms with Crippen LogP contribution in [0.5, 0.6) is 11.5 Å². The molecule has 1 aromatic heterocycles. The molecule has 0 unspecified atom stereocenters. The van der Waals surface area contributed by atoms with Gasteiger partial charge in [0.05, 0.1) is 10.3 Å². The first kappa shape index (κ1) is 14.8. The van der Waals surface area contributed by atoms with E-state index in [2.05, 4.69) is 4.98 Å². The van der Waals surface area contributed by atoms with Crippen LogP contribution in [0, 0.1) is 10.1 Å². The highest BCUT2D eigenvalue weighted by Crippen LogP contribution is 2.40. The van der Waals surface area contributed by atoms with E-state index < -0.39 is 0 Å². The molecule has 0 saturated heterocycles. The summed E-state index contributed by atoms with van der Waals surface area (Å²) in [5.74, 6) is 1.46. The Morgan fingerprint density at radius 2 is 1.88 bits per heavy atom. The molecule has 3 aromatic rings.